The molecule has 2 N–H and O–H groups in total. The summed E-state index contributed by atoms with van der Waals surface area (Å²) in [5.41, 5.74) is 8.07. The van der Waals surface area contributed by atoms with E-state index in [4.69, 9.17) is 41.5 Å². The number of pyridine rings is 1. The Hall–Kier alpha value is -2.74. The van der Waals surface area contributed by atoms with Gasteiger partial charge in [-0.15, -0.1) is 11.6 Å². The molecule has 3 aromatic heterocycles. The highest BCUT2D eigenvalue weighted by Gasteiger charge is 2.57. The molecule has 0 radical (unpaired) electrons. The number of rotatable bonds is 3. The number of nitrogens with zero attached hydrogens (tertiary/aromatic N) is 8. The minimum absolute atomic E-state index is 0.0331. The lowest BCUT2D eigenvalue weighted by atomic mass is 9.66. The van der Waals surface area contributed by atoms with E-state index in [1.165, 1.54) is 0 Å². The fraction of sp³-hybridized carbons (Fsp3) is 0.727. The van der Waals surface area contributed by atoms with E-state index in [0.29, 0.717) is 42.3 Å². The van der Waals surface area contributed by atoms with Gasteiger partial charge in [0.25, 0.3) is 0 Å². The summed E-state index contributed by atoms with van der Waals surface area (Å²) in [6.45, 7) is 4.55. The second-order valence-electron chi connectivity index (χ2n) is 15.3. The molecule has 9 heterocycles. The zero-order valence-electron chi connectivity index (χ0n) is 26.4. The predicted octanol–water partition coefficient (Wildman–Crippen LogP) is 3.55. The molecule has 2 aliphatic carbocycles. The number of piperidine rings is 1. The summed E-state index contributed by atoms with van der Waals surface area (Å²) in [5.74, 6) is 1.05. The number of ether oxygens (including phenoxy) is 1. The van der Waals surface area contributed by atoms with Crippen molar-refractivity contribution in [1.82, 2.24) is 45.7 Å². The van der Waals surface area contributed by atoms with Crippen LogP contribution in [-0.4, -0.2) is 97.3 Å². The van der Waals surface area contributed by atoms with Crippen molar-refractivity contribution in [2.24, 2.45) is 23.7 Å². The Bertz CT molecular complexity index is 1710. The first-order valence-corrected chi connectivity index (χ1v) is 18.0. The van der Waals surface area contributed by atoms with Gasteiger partial charge in [-0.05, 0) is 68.7 Å². The van der Waals surface area contributed by atoms with Gasteiger partial charge in [0.1, 0.15) is 24.1 Å². The van der Waals surface area contributed by atoms with Crippen LogP contribution in [0.15, 0.2) is 12.4 Å². The molecule has 0 amide bonds. The maximum Gasteiger partial charge on any atom is 0.319 e. The van der Waals surface area contributed by atoms with Gasteiger partial charge in [0.15, 0.2) is 5.82 Å². The van der Waals surface area contributed by atoms with Gasteiger partial charge in [0.05, 0.1) is 35.1 Å². The zero-order valence-corrected chi connectivity index (χ0v) is 27.1. The molecule has 8 bridgehead atoms. The van der Waals surface area contributed by atoms with Gasteiger partial charge in [0.2, 0.25) is 0 Å². The normalized spacial score (nSPS) is 39.2. The number of nitrogens with one attached hydrogen (secondary N) is 2. The summed E-state index contributed by atoms with van der Waals surface area (Å²) in [7, 11) is 0. The maximum atomic E-state index is 17.3. The molecule has 14 heteroatoms. The number of anilines is 1. The standard InChI is InChI=1S/C33H41ClF2N10O/c34-23-8-24-21(11-38-42-24)27-26(23)20-7-19(20)25-12-39-46(43-25)14-17-3-1-5-44(13-17)31-22-10-37-30(27)28(36)29(22)40-32(41-31)47-16-33-4-2-6-45(33)15-18(35)9-33/h10,12,17-21,23-24,26-27,38,42H,1-9,11,13-16H2/t17-,18-,19-,20+,21?,23?,24?,26?,27?,33+/m1/s1. The van der Waals surface area contributed by atoms with Crippen LogP contribution >= 0.6 is 11.6 Å². The molecule has 5 unspecified atom stereocenters. The van der Waals surface area contributed by atoms with Gasteiger partial charge in [-0.2, -0.15) is 25.0 Å². The molecular weight excluding hydrogens is 626 g/mol. The molecular formula is C33H41ClF2N10O. The molecule has 4 saturated heterocycles. The van der Waals surface area contributed by atoms with Crippen LogP contribution in [0.4, 0.5) is 14.6 Å². The fourth-order valence-electron chi connectivity index (χ4n) is 10.4. The smallest absolute Gasteiger partial charge is 0.319 e. The van der Waals surface area contributed by atoms with Crippen LogP contribution in [0.3, 0.4) is 0 Å². The van der Waals surface area contributed by atoms with Crippen molar-refractivity contribution in [2.45, 2.75) is 86.5 Å². The summed E-state index contributed by atoms with van der Waals surface area (Å²) >= 11 is 7.25. The van der Waals surface area contributed by atoms with Crippen molar-refractivity contribution in [1.29, 1.82) is 0 Å². The zero-order chi connectivity index (χ0) is 31.4. The van der Waals surface area contributed by atoms with Crippen LogP contribution in [0.25, 0.3) is 10.9 Å². The largest absolute Gasteiger partial charge is 0.461 e. The van der Waals surface area contributed by atoms with Crippen LogP contribution in [0.2, 0.25) is 0 Å². The minimum atomic E-state index is -0.862. The molecule has 47 heavy (non-hydrogen) atoms. The number of aromatic nitrogens is 6. The molecule has 10 atom stereocenters. The highest BCUT2D eigenvalue weighted by Crippen LogP contribution is 2.61. The third-order valence-corrected chi connectivity index (χ3v) is 13.1. The summed E-state index contributed by atoms with van der Waals surface area (Å²) < 4.78 is 38.2. The molecule has 3 aromatic rings. The molecule has 6 fully saturated rings. The van der Waals surface area contributed by atoms with Crippen LogP contribution in [0, 0.1) is 29.5 Å². The van der Waals surface area contributed by atoms with Crippen LogP contribution in [0.1, 0.15) is 68.2 Å². The highest BCUT2D eigenvalue weighted by atomic mass is 35.5. The quantitative estimate of drug-likeness (QED) is 0.403. The van der Waals surface area contributed by atoms with Gasteiger partial charge < -0.3 is 9.64 Å². The third kappa shape index (κ3) is 4.69. The average Bonchev–Trinajstić information content (AvgIpc) is 3.40. The molecule has 8 aliphatic rings. The average molecular weight is 667 g/mol. The topological polar surface area (TPSA) is 109 Å². The van der Waals surface area contributed by atoms with E-state index in [9.17, 15) is 4.39 Å². The lowest BCUT2D eigenvalue weighted by Gasteiger charge is -2.42. The van der Waals surface area contributed by atoms with Gasteiger partial charge in [-0.1, -0.05) is 0 Å². The van der Waals surface area contributed by atoms with Crippen LogP contribution in [0.5, 0.6) is 6.01 Å². The second-order valence-corrected chi connectivity index (χ2v) is 15.9. The third-order valence-electron chi connectivity index (χ3n) is 12.6. The number of alkyl halides is 2. The minimum Gasteiger partial charge on any atom is -0.461 e. The molecule has 250 valence electrons. The Morgan fingerprint density at radius 3 is 2.96 bits per heavy atom. The Labute approximate surface area is 277 Å². The van der Waals surface area contributed by atoms with Gasteiger partial charge in [-0.3, -0.25) is 20.7 Å². The monoisotopic (exact) mass is 666 g/mol. The van der Waals surface area contributed by atoms with Gasteiger partial charge in [-0.25, -0.2) is 8.78 Å². The SMILES string of the molecule is Fc1c2ncc3c(nc(OC[C@@]45CCCN4C[C@H](F)C5)nc13)N1CCC[C@H](C1)Cn1ncc(n1)[C@@H]1C[C@@H]1C1C(Cl)CC3NNCC3C21. The summed E-state index contributed by atoms with van der Waals surface area (Å²) in [6.07, 6.45) is 8.99. The molecule has 6 aliphatic heterocycles. The summed E-state index contributed by atoms with van der Waals surface area (Å²) in [5, 5.41) is 10.1. The lowest BCUT2D eigenvalue weighted by molar-refractivity contribution is 0.107. The van der Waals surface area contributed by atoms with E-state index in [0.717, 1.165) is 70.4 Å². The Balaban J connectivity index is 1.11. The maximum absolute atomic E-state index is 17.3. The summed E-state index contributed by atoms with van der Waals surface area (Å²) in [6, 6.07) is 0.275. The fourth-order valence-corrected chi connectivity index (χ4v) is 10.9. The van der Waals surface area contributed by atoms with E-state index < -0.39 is 12.0 Å². The van der Waals surface area contributed by atoms with Crippen molar-refractivity contribution >= 4 is 28.3 Å². The first-order valence-electron chi connectivity index (χ1n) is 17.6. The first-order chi connectivity index (χ1) is 22.9. The Morgan fingerprint density at radius 1 is 1.09 bits per heavy atom. The molecule has 11 rings (SSSR count). The van der Waals surface area contributed by atoms with E-state index in [1.54, 1.807) is 6.20 Å². The molecule has 2 saturated carbocycles. The Morgan fingerprint density at radius 2 is 2.02 bits per heavy atom. The van der Waals surface area contributed by atoms with Gasteiger partial charge >= 0.3 is 6.01 Å². The number of halogens is 3. The van der Waals surface area contributed by atoms with Crippen molar-refractivity contribution in [3.05, 3.63) is 29.6 Å². The second kappa shape index (κ2) is 10.9. The number of hydrazine groups is 1. The number of fused-ring (bicyclic) bond motifs is 3. The van der Waals surface area contributed by atoms with E-state index in [-0.39, 0.29) is 64.7 Å². The Kier molecular flexibility index (Phi) is 6.76. The van der Waals surface area contributed by atoms with Crippen LogP contribution in [-0.2, 0) is 6.54 Å². The highest BCUT2D eigenvalue weighted by molar-refractivity contribution is 6.21. The number of hydrogen-bond donors (Lipinski definition) is 2. The molecule has 0 aromatic carbocycles. The lowest BCUT2D eigenvalue weighted by Crippen LogP contribution is -2.46. The first kappa shape index (κ1) is 29.2. The van der Waals surface area contributed by atoms with Crippen molar-refractivity contribution in [2.75, 3.05) is 44.2 Å². The van der Waals surface area contributed by atoms with Crippen molar-refractivity contribution < 1.29 is 13.5 Å². The van der Waals surface area contributed by atoms with Gasteiger partial charge in [0, 0.05) is 62.1 Å². The number of hydrogen-bond acceptors (Lipinski definition) is 10. The van der Waals surface area contributed by atoms with Crippen molar-refractivity contribution in [3.8, 4) is 6.01 Å². The predicted molar refractivity (Wildman–Crippen MR) is 171 cm³/mol. The van der Waals surface area contributed by atoms with E-state index >= 15 is 4.39 Å². The van der Waals surface area contributed by atoms with Crippen LogP contribution < -0.4 is 20.5 Å². The summed E-state index contributed by atoms with van der Waals surface area (Å²) in [4.78, 5) is 21.0. The van der Waals surface area contributed by atoms with E-state index in [1.807, 2.05) is 11.0 Å². The molecule has 0 spiro atoms. The van der Waals surface area contributed by atoms with E-state index in [2.05, 4.69) is 20.7 Å². The van der Waals surface area contributed by atoms with Crippen molar-refractivity contribution in [3.63, 3.8) is 0 Å². The molecule has 11 nitrogen and oxygen atoms in total.